The first-order chi connectivity index (χ1) is 6.03. The van der Waals surface area contributed by atoms with E-state index in [4.69, 9.17) is 5.73 Å². The third-order valence-corrected chi connectivity index (χ3v) is 1.53. The number of rotatable bonds is 3. The quantitative estimate of drug-likeness (QED) is 0.776. The van der Waals surface area contributed by atoms with Gasteiger partial charge in [-0.15, -0.1) is 0 Å². The Hall–Kier alpha value is -1.04. The van der Waals surface area contributed by atoms with Gasteiger partial charge in [0, 0.05) is 25.5 Å². The lowest BCUT2D eigenvalue weighted by atomic mass is 10.4. The third kappa shape index (κ3) is 3.06. The molecule has 0 bridgehead atoms. The minimum absolute atomic E-state index is 0.0120. The molecule has 0 aromatic carbocycles. The third-order valence-electron chi connectivity index (χ3n) is 1.53. The van der Waals surface area contributed by atoms with Crippen LogP contribution in [-0.4, -0.2) is 22.3 Å². The average Bonchev–Trinajstić information content (AvgIpc) is 2.34. The van der Waals surface area contributed by atoms with Gasteiger partial charge in [0.15, 0.2) is 0 Å². The second kappa shape index (κ2) is 3.78. The molecule has 0 fully saturated rings. The fourth-order valence-corrected chi connectivity index (χ4v) is 1.03. The lowest BCUT2D eigenvalue weighted by Gasteiger charge is -2.08. The van der Waals surface area contributed by atoms with Crippen LogP contribution in [0.2, 0.25) is 0 Å². The molecule has 1 heterocycles. The zero-order valence-electron chi connectivity index (χ0n) is 6.88. The Balaban J connectivity index is 2.70. The number of aromatic nitrogens is 2. The molecule has 1 rings (SSSR count). The Kier molecular flexibility index (Phi) is 2.92. The van der Waals surface area contributed by atoms with E-state index in [0.29, 0.717) is 13.1 Å². The van der Waals surface area contributed by atoms with Gasteiger partial charge in [0.25, 0.3) is 0 Å². The van der Waals surface area contributed by atoms with Gasteiger partial charge in [-0.3, -0.25) is 0 Å². The lowest BCUT2D eigenvalue weighted by molar-refractivity contribution is -0.128. The van der Waals surface area contributed by atoms with Crippen molar-refractivity contribution in [3.8, 4) is 0 Å². The minimum Gasteiger partial charge on any atom is -0.333 e. The summed E-state index contributed by atoms with van der Waals surface area (Å²) in [6, 6.07) is 0. The van der Waals surface area contributed by atoms with Crippen LogP contribution >= 0.6 is 0 Å². The van der Waals surface area contributed by atoms with E-state index < -0.39 is 12.6 Å². The number of alkyl halides is 3. The maximum Gasteiger partial charge on any atom is 0.396 e. The highest BCUT2D eigenvalue weighted by molar-refractivity contribution is 4.94. The second-order valence-electron chi connectivity index (χ2n) is 2.62. The molecular weight excluding hydrogens is 183 g/mol. The molecule has 0 spiro atoms. The van der Waals surface area contributed by atoms with E-state index in [1.54, 1.807) is 0 Å². The molecule has 1 aromatic rings. The van der Waals surface area contributed by atoms with Crippen LogP contribution in [0.15, 0.2) is 12.4 Å². The van der Waals surface area contributed by atoms with Crippen LogP contribution in [0.3, 0.4) is 0 Å². The first kappa shape index (κ1) is 10.0. The van der Waals surface area contributed by atoms with Gasteiger partial charge in [-0.05, 0) is 0 Å². The molecule has 2 N–H and O–H groups in total. The van der Waals surface area contributed by atoms with Crippen molar-refractivity contribution in [2.45, 2.75) is 19.1 Å². The highest BCUT2D eigenvalue weighted by Gasteiger charge is 2.29. The van der Waals surface area contributed by atoms with Crippen molar-refractivity contribution in [3.63, 3.8) is 0 Å². The Morgan fingerprint density at radius 2 is 2.15 bits per heavy atom. The van der Waals surface area contributed by atoms with Crippen LogP contribution < -0.4 is 5.73 Å². The van der Waals surface area contributed by atoms with Gasteiger partial charge in [-0.25, -0.2) is 4.98 Å². The number of imidazole rings is 1. The van der Waals surface area contributed by atoms with Crippen LogP contribution in [-0.2, 0) is 13.0 Å². The Labute approximate surface area is 73.4 Å². The van der Waals surface area contributed by atoms with Crippen LogP contribution in [0.5, 0.6) is 0 Å². The van der Waals surface area contributed by atoms with Crippen LogP contribution in [0.1, 0.15) is 5.82 Å². The van der Waals surface area contributed by atoms with Crippen molar-refractivity contribution in [3.05, 3.63) is 18.2 Å². The standard InChI is InChI=1S/C7H10F3N3/c8-7(9,10)5-6-12-2-4-13(6)3-1-11/h2,4H,1,3,5,11H2. The Morgan fingerprint density at radius 3 is 2.69 bits per heavy atom. The lowest BCUT2D eigenvalue weighted by Crippen LogP contribution is -2.18. The molecule has 13 heavy (non-hydrogen) atoms. The summed E-state index contributed by atoms with van der Waals surface area (Å²) in [6.07, 6.45) is -2.37. The summed E-state index contributed by atoms with van der Waals surface area (Å²) in [6.45, 7) is 0.673. The molecule has 0 saturated heterocycles. The molecule has 0 unspecified atom stereocenters. The first-order valence-corrected chi connectivity index (χ1v) is 3.80. The Morgan fingerprint density at radius 1 is 1.46 bits per heavy atom. The molecule has 0 radical (unpaired) electrons. The van der Waals surface area contributed by atoms with E-state index in [0.717, 1.165) is 0 Å². The molecule has 3 nitrogen and oxygen atoms in total. The summed E-state index contributed by atoms with van der Waals surface area (Å²) in [7, 11) is 0. The topological polar surface area (TPSA) is 43.8 Å². The summed E-state index contributed by atoms with van der Waals surface area (Å²) in [4.78, 5) is 3.61. The summed E-state index contributed by atoms with van der Waals surface area (Å²) >= 11 is 0. The van der Waals surface area contributed by atoms with Crippen LogP contribution in [0.4, 0.5) is 13.2 Å². The van der Waals surface area contributed by atoms with Crippen LogP contribution in [0.25, 0.3) is 0 Å². The number of nitrogens with two attached hydrogens (primary N) is 1. The molecule has 1 aromatic heterocycles. The van der Waals surface area contributed by atoms with E-state index in [9.17, 15) is 13.2 Å². The average molecular weight is 193 g/mol. The van der Waals surface area contributed by atoms with Gasteiger partial charge in [0.1, 0.15) is 12.2 Å². The SMILES string of the molecule is NCCn1ccnc1CC(F)(F)F. The predicted octanol–water partition coefficient (Wildman–Crippen LogP) is 0.947. The van der Waals surface area contributed by atoms with Gasteiger partial charge < -0.3 is 10.3 Å². The first-order valence-electron chi connectivity index (χ1n) is 3.80. The number of halogens is 3. The monoisotopic (exact) mass is 193 g/mol. The summed E-state index contributed by atoms with van der Waals surface area (Å²) < 4.78 is 37.3. The summed E-state index contributed by atoms with van der Waals surface area (Å²) in [5.74, 6) is 0.0120. The maximum absolute atomic E-state index is 12.0. The zero-order chi connectivity index (χ0) is 9.90. The molecule has 6 heteroatoms. The normalized spacial score (nSPS) is 12.0. The van der Waals surface area contributed by atoms with Gasteiger partial charge in [0.2, 0.25) is 0 Å². The van der Waals surface area contributed by atoms with Crippen molar-refractivity contribution in [1.29, 1.82) is 0 Å². The van der Waals surface area contributed by atoms with E-state index in [-0.39, 0.29) is 5.82 Å². The maximum atomic E-state index is 12.0. The van der Waals surface area contributed by atoms with Gasteiger partial charge in [0.05, 0.1) is 0 Å². The summed E-state index contributed by atoms with van der Waals surface area (Å²) in [5, 5.41) is 0. The molecule has 0 saturated carbocycles. The van der Waals surface area contributed by atoms with E-state index in [1.165, 1.54) is 17.0 Å². The van der Waals surface area contributed by atoms with E-state index >= 15 is 0 Å². The molecule has 0 amide bonds. The van der Waals surface area contributed by atoms with Crippen molar-refractivity contribution >= 4 is 0 Å². The van der Waals surface area contributed by atoms with Gasteiger partial charge in [-0.2, -0.15) is 13.2 Å². The fraction of sp³-hybridized carbons (Fsp3) is 0.571. The molecule has 0 aliphatic carbocycles. The van der Waals surface area contributed by atoms with E-state index in [1.807, 2.05) is 0 Å². The van der Waals surface area contributed by atoms with Crippen LogP contribution in [0, 0.1) is 0 Å². The van der Waals surface area contributed by atoms with Crippen molar-refractivity contribution < 1.29 is 13.2 Å². The zero-order valence-corrected chi connectivity index (χ0v) is 6.88. The van der Waals surface area contributed by atoms with Crippen molar-refractivity contribution in [1.82, 2.24) is 9.55 Å². The van der Waals surface area contributed by atoms with Crippen molar-refractivity contribution in [2.75, 3.05) is 6.54 Å². The molecular formula is C7H10F3N3. The molecule has 0 aliphatic rings. The fourth-order valence-electron chi connectivity index (χ4n) is 1.03. The highest BCUT2D eigenvalue weighted by atomic mass is 19.4. The Bertz CT molecular complexity index is 266. The van der Waals surface area contributed by atoms with Gasteiger partial charge >= 0.3 is 6.18 Å². The minimum atomic E-state index is -4.21. The van der Waals surface area contributed by atoms with Crippen molar-refractivity contribution in [2.24, 2.45) is 5.73 Å². The molecule has 0 atom stereocenters. The largest absolute Gasteiger partial charge is 0.396 e. The molecule has 0 aliphatic heterocycles. The predicted molar refractivity (Wildman–Crippen MR) is 41.0 cm³/mol. The number of hydrogen-bond donors (Lipinski definition) is 1. The smallest absolute Gasteiger partial charge is 0.333 e. The van der Waals surface area contributed by atoms with Gasteiger partial charge in [-0.1, -0.05) is 0 Å². The number of hydrogen-bond acceptors (Lipinski definition) is 2. The second-order valence-corrected chi connectivity index (χ2v) is 2.62. The molecule has 74 valence electrons. The highest BCUT2D eigenvalue weighted by Crippen LogP contribution is 2.19. The van der Waals surface area contributed by atoms with E-state index in [2.05, 4.69) is 4.98 Å². The number of nitrogens with zero attached hydrogens (tertiary/aromatic N) is 2. The summed E-state index contributed by atoms with van der Waals surface area (Å²) in [5.41, 5.74) is 5.22.